The summed E-state index contributed by atoms with van der Waals surface area (Å²) in [4.78, 5) is 25.8. The molecule has 4 nitrogen and oxygen atoms in total. The van der Waals surface area contributed by atoms with Gasteiger partial charge >= 0.3 is 0 Å². The standard InChI is InChI=1S/C18H26N2O2/c1-13-10-14(2)12-16(11-13)19-18(22)8-9-20(15(3)21)17-6-4-5-7-17/h10-12,17H,4-9H2,1-3H3,(H,19,22). The summed E-state index contributed by atoms with van der Waals surface area (Å²) in [6.45, 7) is 6.14. The van der Waals surface area contributed by atoms with Gasteiger partial charge in [-0.1, -0.05) is 18.9 Å². The van der Waals surface area contributed by atoms with E-state index < -0.39 is 0 Å². The van der Waals surface area contributed by atoms with Crippen LogP contribution in [0.15, 0.2) is 18.2 Å². The molecule has 1 N–H and O–H groups in total. The number of rotatable bonds is 5. The maximum Gasteiger partial charge on any atom is 0.226 e. The third kappa shape index (κ3) is 4.58. The average molecular weight is 302 g/mol. The number of anilines is 1. The lowest BCUT2D eigenvalue weighted by molar-refractivity contribution is -0.131. The van der Waals surface area contributed by atoms with Crippen LogP contribution in [0.3, 0.4) is 0 Å². The van der Waals surface area contributed by atoms with Crippen LogP contribution in [0.25, 0.3) is 0 Å². The van der Waals surface area contributed by atoms with Gasteiger partial charge in [0.2, 0.25) is 11.8 Å². The van der Waals surface area contributed by atoms with Gasteiger partial charge in [-0.15, -0.1) is 0 Å². The van der Waals surface area contributed by atoms with Crippen molar-refractivity contribution in [2.45, 2.75) is 58.9 Å². The van der Waals surface area contributed by atoms with E-state index in [9.17, 15) is 9.59 Å². The summed E-state index contributed by atoms with van der Waals surface area (Å²) < 4.78 is 0. The van der Waals surface area contributed by atoms with Crippen LogP contribution in [-0.2, 0) is 9.59 Å². The van der Waals surface area contributed by atoms with Crippen molar-refractivity contribution < 1.29 is 9.59 Å². The minimum absolute atomic E-state index is 0.0331. The molecule has 22 heavy (non-hydrogen) atoms. The van der Waals surface area contributed by atoms with Crippen molar-refractivity contribution in [3.63, 3.8) is 0 Å². The zero-order valence-corrected chi connectivity index (χ0v) is 13.8. The van der Waals surface area contributed by atoms with E-state index in [1.165, 1.54) is 12.8 Å². The van der Waals surface area contributed by atoms with E-state index in [0.29, 0.717) is 19.0 Å². The number of nitrogens with one attached hydrogen (secondary N) is 1. The molecule has 2 amide bonds. The number of carbonyl (C=O) groups excluding carboxylic acids is 2. The van der Waals surface area contributed by atoms with E-state index in [1.54, 1.807) is 6.92 Å². The molecule has 1 fully saturated rings. The average Bonchev–Trinajstić information content (AvgIpc) is 2.91. The summed E-state index contributed by atoms with van der Waals surface area (Å²) in [6, 6.07) is 6.33. The highest BCUT2D eigenvalue weighted by Crippen LogP contribution is 2.23. The van der Waals surface area contributed by atoms with Gasteiger partial charge in [0.15, 0.2) is 0 Å². The minimum Gasteiger partial charge on any atom is -0.339 e. The van der Waals surface area contributed by atoms with Gasteiger partial charge in [0.05, 0.1) is 0 Å². The number of nitrogens with zero attached hydrogens (tertiary/aromatic N) is 1. The van der Waals surface area contributed by atoms with Gasteiger partial charge in [0.25, 0.3) is 0 Å². The summed E-state index contributed by atoms with van der Waals surface area (Å²) >= 11 is 0. The lowest BCUT2D eigenvalue weighted by atomic mass is 10.1. The van der Waals surface area contributed by atoms with Gasteiger partial charge in [-0.05, 0) is 49.9 Å². The van der Waals surface area contributed by atoms with E-state index in [4.69, 9.17) is 0 Å². The molecule has 0 unspecified atom stereocenters. The third-order valence-corrected chi connectivity index (χ3v) is 4.26. The van der Waals surface area contributed by atoms with Crippen molar-refractivity contribution in [3.8, 4) is 0 Å². The molecule has 0 aliphatic heterocycles. The Morgan fingerprint density at radius 2 is 1.73 bits per heavy atom. The van der Waals surface area contributed by atoms with E-state index in [1.807, 2.05) is 30.9 Å². The summed E-state index contributed by atoms with van der Waals surface area (Å²) in [5, 5.41) is 2.93. The Morgan fingerprint density at radius 3 is 2.27 bits per heavy atom. The molecule has 0 spiro atoms. The topological polar surface area (TPSA) is 49.4 Å². The summed E-state index contributed by atoms with van der Waals surface area (Å²) in [5.41, 5.74) is 3.09. The van der Waals surface area contributed by atoms with Crippen molar-refractivity contribution >= 4 is 17.5 Å². The Morgan fingerprint density at radius 1 is 1.14 bits per heavy atom. The molecule has 4 heteroatoms. The Kier molecular flexibility index (Phi) is 5.58. The van der Waals surface area contributed by atoms with Crippen LogP contribution in [0.1, 0.15) is 50.2 Å². The molecule has 1 aromatic carbocycles. The summed E-state index contributed by atoms with van der Waals surface area (Å²) in [6.07, 6.45) is 4.85. The van der Waals surface area contributed by atoms with Crippen molar-refractivity contribution in [1.82, 2.24) is 4.90 Å². The molecule has 0 radical (unpaired) electrons. The van der Waals surface area contributed by atoms with E-state index in [0.717, 1.165) is 29.7 Å². The second-order valence-corrected chi connectivity index (χ2v) is 6.33. The molecule has 0 bridgehead atoms. The molecule has 120 valence electrons. The van der Waals surface area contributed by atoms with Crippen LogP contribution >= 0.6 is 0 Å². The number of benzene rings is 1. The molecule has 0 heterocycles. The van der Waals surface area contributed by atoms with Crippen LogP contribution in [0.5, 0.6) is 0 Å². The second kappa shape index (κ2) is 7.43. The number of aryl methyl sites for hydroxylation is 2. The van der Waals surface area contributed by atoms with Gasteiger partial charge in [-0.2, -0.15) is 0 Å². The highest BCUT2D eigenvalue weighted by molar-refractivity contribution is 5.91. The molecule has 0 saturated heterocycles. The predicted molar refractivity (Wildman–Crippen MR) is 88.8 cm³/mol. The van der Waals surface area contributed by atoms with E-state index in [2.05, 4.69) is 11.4 Å². The molecular formula is C18H26N2O2. The smallest absolute Gasteiger partial charge is 0.226 e. The lowest BCUT2D eigenvalue weighted by Gasteiger charge is -2.27. The van der Waals surface area contributed by atoms with Gasteiger partial charge in [-0.25, -0.2) is 0 Å². The maximum atomic E-state index is 12.1. The molecule has 2 rings (SSSR count). The Labute approximate surface area is 132 Å². The Hall–Kier alpha value is -1.84. The predicted octanol–water partition coefficient (Wildman–Crippen LogP) is 3.42. The first-order valence-corrected chi connectivity index (χ1v) is 8.11. The fourth-order valence-corrected chi connectivity index (χ4v) is 3.31. The van der Waals surface area contributed by atoms with Crippen molar-refractivity contribution in [1.29, 1.82) is 0 Å². The van der Waals surface area contributed by atoms with Crippen molar-refractivity contribution in [2.24, 2.45) is 0 Å². The molecule has 1 aliphatic carbocycles. The molecule has 1 aliphatic rings. The highest BCUT2D eigenvalue weighted by atomic mass is 16.2. The van der Waals surface area contributed by atoms with Crippen LogP contribution in [0, 0.1) is 13.8 Å². The maximum absolute atomic E-state index is 12.1. The van der Waals surface area contributed by atoms with E-state index >= 15 is 0 Å². The molecule has 0 atom stereocenters. The zero-order valence-electron chi connectivity index (χ0n) is 13.8. The molecular weight excluding hydrogens is 276 g/mol. The molecule has 1 aromatic rings. The van der Waals surface area contributed by atoms with E-state index in [-0.39, 0.29) is 11.8 Å². The van der Waals surface area contributed by atoms with Crippen molar-refractivity contribution in [2.75, 3.05) is 11.9 Å². The van der Waals surface area contributed by atoms with Gasteiger partial charge < -0.3 is 10.2 Å². The molecule has 1 saturated carbocycles. The molecule has 0 aromatic heterocycles. The zero-order chi connectivity index (χ0) is 16.1. The van der Waals surface area contributed by atoms with Crippen LogP contribution in [-0.4, -0.2) is 29.3 Å². The number of carbonyl (C=O) groups is 2. The quantitative estimate of drug-likeness (QED) is 0.906. The fraction of sp³-hybridized carbons (Fsp3) is 0.556. The normalized spacial score (nSPS) is 14.9. The van der Waals surface area contributed by atoms with Gasteiger partial charge in [0.1, 0.15) is 0 Å². The first-order chi connectivity index (χ1) is 10.5. The second-order valence-electron chi connectivity index (χ2n) is 6.33. The number of amides is 2. The third-order valence-electron chi connectivity index (χ3n) is 4.26. The summed E-state index contributed by atoms with van der Waals surface area (Å²) in [5.74, 6) is 0.0420. The SMILES string of the molecule is CC(=O)N(CCC(=O)Nc1cc(C)cc(C)c1)C1CCCC1. The van der Waals surface area contributed by atoms with Gasteiger partial charge in [-0.3, -0.25) is 9.59 Å². The number of hydrogen-bond acceptors (Lipinski definition) is 2. The van der Waals surface area contributed by atoms with Gasteiger partial charge in [0, 0.05) is 31.6 Å². The highest BCUT2D eigenvalue weighted by Gasteiger charge is 2.24. The summed E-state index contributed by atoms with van der Waals surface area (Å²) in [7, 11) is 0. The fourth-order valence-electron chi connectivity index (χ4n) is 3.31. The first kappa shape index (κ1) is 16.5. The van der Waals surface area contributed by atoms with Crippen LogP contribution in [0.2, 0.25) is 0 Å². The largest absolute Gasteiger partial charge is 0.339 e. The van der Waals surface area contributed by atoms with Crippen LogP contribution < -0.4 is 5.32 Å². The first-order valence-electron chi connectivity index (χ1n) is 8.11. The van der Waals surface area contributed by atoms with Crippen molar-refractivity contribution in [3.05, 3.63) is 29.3 Å². The minimum atomic E-state index is -0.0331. The lowest BCUT2D eigenvalue weighted by Crippen LogP contribution is -2.39. The Bertz CT molecular complexity index is 528. The Balaban J connectivity index is 1.89. The van der Waals surface area contributed by atoms with Crippen LogP contribution in [0.4, 0.5) is 5.69 Å². The monoisotopic (exact) mass is 302 g/mol. The number of hydrogen-bond donors (Lipinski definition) is 1.